The van der Waals surface area contributed by atoms with Crippen molar-refractivity contribution in [1.29, 1.82) is 0 Å². The molecule has 1 aromatic carbocycles. The topological polar surface area (TPSA) is 48.8 Å². The van der Waals surface area contributed by atoms with Gasteiger partial charge in [0, 0.05) is 37.4 Å². The summed E-state index contributed by atoms with van der Waals surface area (Å²) in [7, 11) is 1.68. The summed E-state index contributed by atoms with van der Waals surface area (Å²) in [5, 5.41) is 6.66. The summed E-state index contributed by atoms with van der Waals surface area (Å²) in [5.41, 5.74) is 2.10. The fourth-order valence-corrected chi connectivity index (χ4v) is 3.75. The molecule has 1 heterocycles. The predicted octanol–water partition coefficient (Wildman–Crippen LogP) is 4.99. The number of aliphatic imine (C=N–C) groups is 2. The summed E-state index contributed by atoms with van der Waals surface area (Å²) in [6.07, 6.45) is 1.39. The molecule has 158 valence electrons. The first-order chi connectivity index (χ1) is 13.9. The van der Waals surface area contributed by atoms with E-state index >= 15 is 0 Å². The van der Waals surface area contributed by atoms with E-state index < -0.39 is 5.92 Å². The Bertz CT molecular complexity index is 787. The van der Waals surface area contributed by atoms with E-state index in [0.29, 0.717) is 18.9 Å². The Morgan fingerprint density at radius 1 is 1.17 bits per heavy atom. The Morgan fingerprint density at radius 3 is 2.59 bits per heavy atom. The molecule has 0 fully saturated rings. The lowest BCUT2D eigenvalue weighted by Gasteiger charge is -2.17. The molecule has 0 atom stereocenters. The van der Waals surface area contributed by atoms with Crippen molar-refractivity contribution in [3.63, 3.8) is 0 Å². The van der Waals surface area contributed by atoms with Crippen LogP contribution in [0.25, 0.3) is 0 Å². The average molecular weight is 421 g/mol. The molecule has 0 aliphatic carbocycles. The lowest BCUT2D eigenvalue weighted by Crippen LogP contribution is -2.32. The summed E-state index contributed by atoms with van der Waals surface area (Å²) in [6.45, 7) is 6.67. The number of rotatable bonds is 12. The van der Waals surface area contributed by atoms with E-state index in [-0.39, 0.29) is 19.4 Å². The first-order valence-corrected chi connectivity index (χ1v) is 10.7. The van der Waals surface area contributed by atoms with Crippen molar-refractivity contribution < 1.29 is 8.78 Å². The number of hydrogen-bond donors (Lipinski definition) is 2. The van der Waals surface area contributed by atoms with Gasteiger partial charge in [-0.1, -0.05) is 30.3 Å². The van der Waals surface area contributed by atoms with Crippen LogP contribution in [0.2, 0.25) is 0 Å². The fourth-order valence-electron chi connectivity index (χ4n) is 2.94. The predicted molar refractivity (Wildman–Crippen MR) is 121 cm³/mol. The zero-order valence-corrected chi connectivity index (χ0v) is 18.0. The maximum atomic E-state index is 14.0. The molecule has 0 unspecified atom stereocenters. The van der Waals surface area contributed by atoms with E-state index in [1.807, 2.05) is 31.2 Å². The van der Waals surface area contributed by atoms with E-state index in [4.69, 9.17) is 0 Å². The van der Waals surface area contributed by atoms with Crippen molar-refractivity contribution in [3.8, 4) is 0 Å². The summed E-state index contributed by atoms with van der Waals surface area (Å²) in [4.78, 5) is 9.84. The van der Waals surface area contributed by atoms with Crippen LogP contribution in [-0.2, 0) is 6.42 Å². The minimum absolute atomic E-state index is 0.152. The van der Waals surface area contributed by atoms with Crippen LogP contribution >= 0.6 is 11.3 Å². The van der Waals surface area contributed by atoms with Gasteiger partial charge in [-0.25, -0.2) is 8.78 Å². The molecule has 0 aliphatic heterocycles. The maximum absolute atomic E-state index is 14.0. The number of nitrogens with one attached hydrogen (secondary N) is 2. The molecule has 2 aromatic rings. The van der Waals surface area contributed by atoms with Gasteiger partial charge in [-0.05, 0) is 45.2 Å². The van der Waals surface area contributed by atoms with Crippen LogP contribution in [0.3, 0.4) is 0 Å². The SMILES string of the molecule is C=Nc1sc(C)cc1C(=NCCCc1ccccc1)NCCC(F)(F)CCNC. The number of hydrogen-bond acceptors (Lipinski definition) is 4. The van der Waals surface area contributed by atoms with E-state index in [9.17, 15) is 8.78 Å². The van der Waals surface area contributed by atoms with Gasteiger partial charge in [-0.3, -0.25) is 9.98 Å². The number of halogens is 2. The Morgan fingerprint density at radius 2 is 1.90 bits per heavy atom. The van der Waals surface area contributed by atoms with E-state index in [1.165, 1.54) is 16.9 Å². The molecule has 1 aromatic heterocycles. The number of aryl methyl sites for hydroxylation is 2. The van der Waals surface area contributed by atoms with Crippen LogP contribution in [0, 0.1) is 6.92 Å². The summed E-state index contributed by atoms with van der Waals surface area (Å²) >= 11 is 1.52. The van der Waals surface area contributed by atoms with Gasteiger partial charge < -0.3 is 10.6 Å². The highest BCUT2D eigenvalue weighted by molar-refractivity contribution is 7.16. The first-order valence-electron chi connectivity index (χ1n) is 9.87. The van der Waals surface area contributed by atoms with Crippen LogP contribution in [-0.4, -0.2) is 45.2 Å². The van der Waals surface area contributed by atoms with Crippen LogP contribution in [0.5, 0.6) is 0 Å². The number of nitrogens with zero attached hydrogens (tertiary/aromatic N) is 2. The number of thiophene rings is 1. The average Bonchev–Trinajstić information content (AvgIpc) is 3.09. The van der Waals surface area contributed by atoms with Gasteiger partial charge in [0.1, 0.15) is 10.8 Å². The smallest absolute Gasteiger partial charge is 0.251 e. The summed E-state index contributed by atoms with van der Waals surface area (Å²) < 4.78 is 27.9. The van der Waals surface area contributed by atoms with Crippen molar-refractivity contribution in [1.82, 2.24) is 10.6 Å². The second-order valence-corrected chi connectivity index (χ2v) is 8.17. The van der Waals surface area contributed by atoms with Crippen LogP contribution in [0.1, 0.15) is 35.3 Å². The van der Waals surface area contributed by atoms with Crippen LogP contribution in [0.15, 0.2) is 46.4 Å². The third kappa shape index (κ3) is 8.03. The number of benzene rings is 1. The Hall–Kier alpha value is -2.12. The number of amidine groups is 1. The largest absolute Gasteiger partial charge is 0.370 e. The standard InChI is InChI=1S/C22H30F2N4S/c1-17-16-19(21(26-3)29-17)20(28-15-12-22(23,24)11-14-25-2)27-13-7-10-18-8-5-4-6-9-18/h4-6,8-9,16,25H,3,7,10-15H2,1-2H3,(H,27,28). The fraction of sp³-hybridized carbons (Fsp3) is 0.455. The Labute approximate surface area is 176 Å². The highest BCUT2D eigenvalue weighted by atomic mass is 32.1. The highest BCUT2D eigenvalue weighted by Crippen LogP contribution is 2.30. The summed E-state index contributed by atoms with van der Waals surface area (Å²) in [5.74, 6) is -2.09. The first kappa shape index (κ1) is 23.2. The zero-order chi connectivity index (χ0) is 21.1. The molecule has 0 aliphatic rings. The molecule has 0 spiro atoms. The highest BCUT2D eigenvalue weighted by Gasteiger charge is 2.27. The van der Waals surface area contributed by atoms with Crippen molar-refractivity contribution >= 4 is 28.9 Å². The molecule has 0 saturated heterocycles. The van der Waals surface area contributed by atoms with Gasteiger partial charge in [-0.15, -0.1) is 11.3 Å². The third-order valence-corrected chi connectivity index (χ3v) is 5.48. The second kappa shape index (κ2) is 11.8. The summed E-state index contributed by atoms with van der Waals surface area (Å²) in [6, 6.07) is 12.2. The third-order valence-electron chi connectivity index (χ3n) is 4.49. The van der Waals surface area contributed by atoms with Gasteiger partial charge in [0.05, 0.1) is 5.56 Å². The molecule has 0 radical (unpaired) electrons. The van der Waals surface area contributed by atoms with Crippen molar-refractivity contribution in [2.24, 2.45) is 9.98 Å². The van der Waals surface area contributed by atoms with Crippen molar-refractivity contribution in [3.05, 3.63) is 52.4 Å². The molecule has 0 saturated carbocycles. The molecule has 7 heteroatoms. The lowest BCUT2D eigenvalue weighted by atomic mass is 10.1. The Kier molecular flexibility index (Phi) is 9.41. The minimum atomic E-state index is -2.71. The van der Waals surface area contributed by atoms with Gasteiger partial charge in [0.25, 0.3) is 5.92 Å². The maximum Gasteiger partial charge on any atom is 0.251 e. The van der Waals surface area contributed by atoms with Gasteiger partial charge in [0.2, 0.25) is 0 Å². The monoisotopic (exact) mass is 420 g/mol. The second-order valence-electron chi connectivity index (χ2n) is 6.94. The number of alkyl halides is 2. The van der Waals surface area contributed by atoms with Crippen molar-refractivity contribution in [2.45, 2.75) is 38.5 Å². The van der Waals surface area contributed by atoms with Gasteiger partial charge >= 0.3 is 0 Å². The normalized spacial score (nSPS) is 12.2. The lowest BCUT2D eigenvalue weighted by molar-refractivity contribution is -0.0136. The molecule has 0 amide bonds. The molecule has 4 nitrogen and oxygen atoms in total. The van der Waals surface area contributed by atoms with E-state index in [2.05, 4.69) is 39.5 Å². The van der Waals surface area contributed by atoms with E-state index in [1.54, 1.807) is 7.05 Å². The Balaban J connectivity index is 2.02. The molecular weight excluding hydrogens is 390 g/mol. The molecular formula is C22H30F2N4S. The minimum Gasteiger partial charge on any atom is -0.370 e. The zero-order valence-electron chi connectivity index (χ0n) is 17.2. The van der Waals surface area contributed by atoms with Crippen molar-refractivity contribution in [2.75, 3.05) is 26.7 Å². The molecule has 2 rings (SSSR count). The van der Waals surface area contributed by atoms with E-state index in [0.717, 1.165) is 28.3 Å². The molecule has 0 bridgehead atoms. The van der Waals surface area contributed by atoms with Crippen LogP contribution < -0.4 is 10.6 Å². The molecule has 29 heavy (non-hydrogen) atoms. The van der Waals surface area contributed by atoms with Gasteiger partial charge in [0.15, 0.2) is 0 Å². The van der Waals surface area contributed by atoms with Gasteiger partial charge in [-0.2, -0.15) is 0 Å². The van der Waals surface area contributed by atoms with Crippen LogP contribution in [0.4, 0.5) is 13.8 Å². The quantitative estimate of drug-likeness (QED) is 0.289. The molecule has 2 N–H and O–H groups in total.